The fourth-order valence-corrected chi connectivity index (χ4v) is 4.54. The van der Waals surface area contributed by atoms with Gasteiger partial charge in [-0.05, 0) is 37.0 Å². The van der Waals surface area contributed by atoms with Crippen LogP contribution in [0.1, 0.15) is 40.7 Å². The maximum Gasteiger partial charge on any atom is 0.272 e. The number of halogens is 1. The maximum absolute atomic E-state index is 13.1. The second kappa shape index (κ2) is 8.55. The van der Waals surface area contributed by atoms with Gasteiger partial charge in [0.15, 0.2) is 5.69 Å². The van der Waals surface area contributed by atoms with Gasteiger partial charge < -0.3 is 10.2 Å². The minimum atomic E-state index is -0.293. The Hall–Kier alpha value is -2.74. The number of amides is 2. The number of aryl methyl sites for hydroxylation is 1. The Morgan fingerprint density at radius 3 is 2.53 bits per heavy atom. The number of nitrogens with one attached hydrogen (secondary N) is 1. The van der Waals surface area contributed by atoms with Crippen molar-refractivity contribution in [1.82, 2.24) is 24.9 Å². The second-order valence-corrected chi connectivity index (χ2v) is 8.15. The highest BCUT2D eigenvalue weighted by Crippen LogP contribution is 2.28. The van der Waals surface area contributed by atoms with Crippen molar-refractivity contribution in [1.29, 1.82) is 0 Å². The van der Waals surface area contributed by atoms with Crippen molar-refractivity contribution >= 4 is 11.8 Å². The van der Waals surface area contributed by atoms with Crippen molar-refractivity contribution < 1.29 is 14.0 Å². The van der Waals surface area contributed by atoms with Gasteiger partial charge in [-0.2, -0.15) is 5.10 Å². The van der Waals surface area contributed by atoms with E-state index in [0.29, 0.717) is 18.3 Å². The molecule has 2 aliphatic rings. The normalized spacial score (nSPS) is 19.4. The van der Waals surface area contributed by atoms with Crippen LogP contribution in [-0.2, 0) is 31.2 Å². The van der Waals surface area contributed by atoms with E-state index in [1.165, 1.54) is 12.1 Å². The molecule has 2 heterocycles. The van der Waals surface area contributed by atoms with Crippen LogP contribution < -0.4 is 5.32 Å². The molecule has 2 aromatic rings. The molecule has 0 spiro atoms. The summed E-state index contributed by atoms with van der Waals surface area (Å²) in [5, 5.41) is 7.42. The first-order valence-electron chi connectivity index (χ1n) is 10.5. The number of hydrogen-bond acceptors (Lipinski definition) is 4. The number of rotatable bonds is 4. The first-order valence-corrected chi connectivity index (χ1v) is 10.5. The summed E-state index contributed by atoms with van der Waals surface area (Å²) in [6.45, 7) is 5.21. The van der Waals surface area contributed by atoms with Gasteiger partial charge in [0, 0.05) is 64.0 Å². The van der Waals surface area contributed by atoms with E-state index in [1.54, 1.807) is 19.1 Å². The van der Waals surface area contributed by atoms with Gasteiger partial charge in [-0.1, -0.05) is 12.1 Å². The molecule has 7 nitrogen and oxygen atoms in total. The van der Waals surface area contributed by atoms with E-state index >= 15 is 0 Å². The van der Waals surface area contributed by atoms with E-state index in [-0.39, 0.29) is 17.6 Å². The van der Waals surface area contributed by atoms with Crippen LogP contribution in [0, 0.1) is 5.82 Å². The monoisotopic (exact) mass is 413 g/mol. The van der Waals surface area contributed by atoms with Crippen LogP contribution in [0.2, 0.25) is 0 Å². The number of carbonyl (C=O) groups excluding carboxylic acids is 2. The van der Waals surface area contributed by atoms with Gasteiger partial charge in [0.25, 0.3) is 5.91 Å². The summed E-state index contributed by atoms with van der Waals surface area (Å²) in [6, 6.07) is 6.47. The largest absolute Gasteiger partial charge is 0.347 e. The molecule has 1 unspecified atom stereocenters. The van der Waals surface area contributed by atoms with Gasteiger partial charge >= 0.3 is 0 Å². The predicted octanol–water partition coefficient (Wildman–Crippen LogP) is 1.51. The van der Waals surface area contributed by atoms with Crippen LogP contribution in [0.5, 0.6) is 0 Å². The Bertz CT molecular complexity index is 932. The highest BCUT2D eigenvalue weighted by atomic mass is 19.1. The van der Waals surface area contributed by atoms with Crippen LogP contribution in [0.25, 0.3) is 0 Å². The molecule has 8 heteroatoms. The number of fused-ring (bicyclic) bond motifs is 1. The van der Waals surface area contributed by atoms with E-state index in [9.17, 15) is 14.0 Å². The Balaban J connectivity index is 1.43. The topological polar surface area (TPSA) is 70.5 Å². The van der Waals surface area contributed by atoms with Gasteiger partial charge in [0.1, 0.15) is 5.82 Å². The Kier molecular flexibility index (Phi) is 5.85. The van der Waals surface area contributed by atoms with Crippen molar-refractivity contribution in [2.75, 3.05) is 26.2 Å². The van der Waals surface area contributed by atoms with E-state index in [0.717, 1.165) is 62.3 Å². The zero-order valence-corrected chi connectivity index (χ0v) is 17.5. The van der Waals surface area contributed by atoms with Crippen LogP contribution in [0.3, 0.4) is 0 Å². The summed E-state index contributed by atoms with van der Waals surface area (Å²) >= 11 is 0. The third kappa shape index (κ3) is 4.23. The Morgan fingerprint density at radius 1 is 1.17 bits per heavy atom. The minimum Gasteiger partial charge on any atom is -0.347 e. The number of aromatic nitrogens is 2. The molecular formula is C22H28FN5O2. The van der Waals surface area contributed by atoms with Crippen LogP contribution >= 0.6 is 0 Å². The van der Waals surface area contributed by atoms with Crippen LogP contribution in [0.15, 0.2) is 24.3 Å². The van der Waals surface area contributed by atoms with E-state index in [1.807, 2.05) is 16.6 Å². The molecule has 0 saturated carbocycles. The van der Waals surface area contributed by atoms with Crippen LogP contribution in [-0.4, -0.2) is 63.6 Å². The molecule has 160 valence electrons. The molecule has 1 aromatic carbocycles. The van der Waals surface area contributed by atoms with E-state index in [4.69, 9.17) is 0 Å². The summed E-state index contributed by atoms with van der Waals surface area (Å²) in [5.74, 6) is -0.356. The summed E-state index contributed by atoms with van der Waals surface area (Å²) in [6.07, 6.45) is 2.72. The number of nitrogens with zero attached hydrogens (tertiary/aromatic N) is 4. The van der Waals surface area contributed by atoms with E-state index in [2.05, 4.69) is 15.3 Å². The summed E-state index contributed by atoms with van der Waals surface area (Å²) in [4.78, 5) is 28.8. The Morgan fingerprint density at radius 2 is 1.87 bits per heavy atom. The standard InChI is InChI=1S/C22H28FN5O2/c1-15(29)27-9-11-28(12-10-27)18-7-8-20-19(13-18)21(25-26(20)2)22(30)24-14-16-3-5-17(23)6-4-16/h3-6,18H,7-14H2,1-2H3,(H,24,30). The fourth-order valence-electron chi connectivity index (χ4n) is 4.54. The molecule has 1 aliphatic heterocycles. The zero-order valence-electron chi connectivity index (χ0n) is 17.5. The molecule has 1 atom stereocenters. The summed E-state index contributed by atoms with van der Waals surface area (Å²) < 4.78 is 14.9. The zero-order chi connectivity index (χ0) is 21.3. The van der Waals surface area contributed by atoms with Gasteiger partial charge in [0.2, 0.25) is 5.91 Å². The van der Waals surface area contributed by atoms with Gasteiger partial charge in [-0.3, -0.25) is 19.2 Å². The molecular weight excluding hydrogens is 385 g/mol. The predicted molar refractivity (Wildman–Crippen MR) is 110 cm³/mol. The number of piperazine rings is 1. The maximum atomic E-state index is 13.1. The molecule has 1 N–H and O–H groups in total. The highest BCUT2D eigenvalue weighted by Gasteiger charge is 2.32. The second-order valence-electron chi connectivity index (χ2n) is 8.15. The highest BCUT2D eigenvalue weighted by molar-refractivity contribution is 5.94. The summed E-state index contributed by atoms with van der Waals surface area (Å²) in [7, 11) is 1.89. The molecule has 4 rings (SSSR count). The number of carbonyl (C=O) groups is 2. The number of benzene rings is 1. The lowest BCUT2D eigenvalue weighted by Crippen LogP contribution is -2.52. The fraction of sp³-hybridized carbons (Fsp3) is 0.500. The quantitative estimate of drug-likeness (QED) is 0.825. The molecule has 1 aliphatic carbocycles. The lowest BCUT2D eigenvalue weighted by molar-refractivity contribution is -0.130. The lowest BCUT2D eigenvalue weighted by atomic mass is 9.89. The molecule has 0 bridgehead atoms. The third-order valence-corrected chi connectivity index (χ3v) is 6.29. The van der Waals surface area contributed by atoms with Crippen molar-refractivity contribution in [2.24, 2.45) is 7.05 Å². The first-order chi connectivity index (χ1) is 14.4. The molecule has 30 heavy (non-hydrogen) atoms. The smallest absolute Gasteiger partial charge is 0.272 e. The van der Waals surface area contributed by atoms with Gasteiger partial charge in [-0.15, -0.1) is 0 Å². The first kappa shape index (κ1) is 20.5. The number of hydrogen-bond donors (Lipinski definition) is 1. The third-order valence-electron chi connectivity index (χ3n) is 6.29. The average molecular weight is 413 g/mol. The minimum absolute atomic E-state index is 0.132. The SMILES string of the molecule is CC(=O)N1CCN(C2CCc3c(c(C(=O)NCc4ccc(F)cc4)nn3C)C2)CC1. The van der Waals surface area contributed by atoms with Crippen molar-refractivity contribution in [3.8, 4) is 0 Å². The van der Waals surface area contributed by atoms with Gasteiger partial charge in [-0.25, -0.2) is 4.39 Å². The molecule has 1 saturated heterocycles. The Labute approximate surface area is 175 Å². The molecule has 0 radical (unpaired) electrons. The molecule has 2 amide bonds. The average Bonchev–Trinajstić information content (AvgIpc) is 3.09. The van der Waals surface area contributed by atoms with Crippen LogP contribution in [0.4, 0.5) is 4.39 Å². The van der Waals surface area contributed by atoms with Crippen molar-refractivity contribution in [3.63, 3.8) is 0 Å². The van der Waals surface area contributed by atoms with E-state index < -0.39 is 0 Å². The van der Waals surface area contributed by atoms with Gasteiger partial charge in [0.05, 0.1) is 0 Å². The van der Waals surface area contributed by atoms with Crippen molar-refractivity contribution in [2.45, 2.75) is 38.8 Å². The molecule has 1 aromatic heterocycles. The van der Waals surface area contributed by atoms with Crippen molar-refractivity contribution in [3.05, 3.63) is 52.6 Å². The lowest BCUT2D eigenvalue weighted by Gasteiger charge is -2.40. The molecule has 1 fully saturated rings. The summed E-state index contributed by atoms with van der Waals surface area (Å²) in [5.41, 5.74) is 3.48.